The second-order valence-electron chi connectivity index (χ2n) is 5.98. The Morgan fingerprint density at radius 1 is 0.778 bits per heavy atom. The van der Waals surface area contributed by atoms with Gasteiger partial charge >= 0.3 is 26.2 Å². The number of aromatic nitrogens is 1. The van der Waals surface area contributed by atoms with Crippen LogP contribution in [0.1, 0.15) is 5.69 Å². The van der Waals surface area contributed by atoms with Crippen LogP contribution in [0.3, 0.4) is 0 Å². The molecule has 1 aromatic heterocycles. The van der Waals surface area contributed by atoms with Crippen LogP contribution in [0.2, 0.25) is 0 Å². The van der Waals surface area contributed by atoms with Crippen LogP contribution in [0.4, 0.5) is 0 Å². The summed E-state index contributed by atoms with van der Waals surface area (Å²) < 4.78 is 2.33. The first-order valence-electron chi connectivity index (χ1n) is 8.60. The number of halogens is 1. The molecule has 0 saturated heterocycles. The van der Waals surface area contributed by atoms with Gasteiger partial charge in [0.2, 0.25) is 0 Å². The quantitative estimate of drug-likeness (QED) is 0.190. The predicted molar refractivity (Wildman–Crippen MR) is 115 cm³/mol. The molecular formula is C24H22ClNZr. The summed E-state index contributed by atoms with van der Waals surface area (Å²) in [6, 6.07) is 33.8. The van der Waals surface area contributed by atoms with E-state index in [0.29, 0.717) is 0 Å². The third-order valence-corrected chi connectivity index (χ3v) is 4.31. The smallest absolute Gasteiger partial charge is 0.332 e. The van der Waals surface area contributed by atoms with E-state index in [1.807, 2.05) is 30.3 Å². The molecule has 5 rings (SSSR count). The number of alkyl halides is 1. The van der Waals surface area contributed by atoms with Gasteiger partial charge < -0.3 is 4.57 Å². The van der Waals surface area contributed by atoms with Crippen LogP contribution in [0.25, 0.3) is 27.4 Å². The number of nitrogens with zero attached hydrogens (tertiary/aromatic N) is 1. The predicted octanol–water partition coefficient (Wildman–Crippen LogP) is 7.07. The van der Waals surface area contributed by atoms with E-state index < -0.39 is 0 Å². The van der Waals surface area contributed by atoms with E-state index in [9.17, 15) is 0 Å². The van der Waals surface area contributed by atoms with E-state index in [0.717, 1.165) is 0 Å². The van der Waals surface area contributed by atoms with Crippen molar-refractivity contribution in [3.63, 3.8) is 0 Å². The first kappa shape index (κ1) is 21.4. The molecule has 0 radical (unpaired) electrons. The zero-order valence-electron chi connectivity index (χ0n) is 15.6. The van der Waals surface area contributed by atoms with Crippen LogP contribution in [0.5, 0.6) is 0 Å². The number of rotatable bonds is 1. The molecule has 0 aliphatic heterocycles. The van der Waals surface area contributed by atoms with Gasteiger partial charge in [0.15, 0.2) is 0 Å². The molecule has 1 heterocycles. The Morgan fingerprint density at radius 3 is 2.04 bits per heavy atom. The maximum absolute atomic E-state index is 4.64. The molecule has 0 aliphatic rings. The molecule has 134 valence electrons. The van der Waals surface area contributed by atoms with Gasteiger partial charge in [-0.15, -0.1) is 52.7 Å². The van der Waals surface area contributed by atoms with E-state index >= 15 is 0 Å². The third kappa shape index (κ3) is 4.89. The van der Waals surface area contributed by atoms with Crippen molar-refractivity contribution in [2.45, 2.75) is 6.92 Å². The van der Waals surface area contributed by atoms with Gasteiger partial charge in [0.25, 0.3) is 0 Å². The first-order chi connectivity index (χ1) is 12.8. The van der Waals surface area contributed by atoms with Crippen molar-refractivity contribution in [3.05, 3.63) is 103 Å². The van der Waals surface area contributed by atoms with Gasteiger partial charge in [-0.1, -0.05) is 24.3 Å². The normalized spacial score (nSPS) is 9.74. The van der Waals surface area contributed by atoms with Crippen molar-refractivity contribution in [1.82, 2.24) is 4.57 Å². The second kappa shape index (κ2) is 10.4. The zero-order chi connectivity index (χ0) is 18.4. The van der Waals surface area contributed by atoms with Crippen LogP contribution in [0, 0.1) is 6.92 Å². The SMILES string of the molecule is CCl.Cc1cc2ccccc2n1-c1cc2ccccc2[cH-]1.[Zr+2].c1cc[cH-]c1. The number of hydrogen-bond acceptors (Lipinski definition) is 0. The molecule has 0 amide bonds. The standard InChI is InChI=1S/C18H14N.C5H5.CH3Cl.Zr/c1-13-10-16-8-4-5-9-18(16)19(13)17-11-14-6-2-3-7-15(14)12-17;1-2-4-5-3-1;1-2;/h2-12H,1H3;1-5H;1H3;/q2*-1;;+2. The Bertz CT molecular complexity index is 1020. The van der Waals surface area contributed by atoms with Crippen molar-refractivity contribution >= 4 is 33.3 Å². The molecule has 0 fully saturated rings. The molecule has 0 N–H and O–H groups in total. The average Bonchev–Trinajstić information content (AvgIpc) is 3.42. The summed E-state index contributed by atoms with van der Waals surface area (Å²) in [5, 5.41) is 3.90. The van der Waals surface area contributed by atoms with E-state index in [4.69, 9.17) is 0 Å². The third-order valence-electron chi connectivity index (χ3n) is 4.31. The van der Waals surface area contributed by atoms with Crippen molar-refractivity contribution in [3.8, 4) is 5.69 Å². The summed E-state index contributed by atoms with van der Waals surface area (Å²) in [4.78, 5) is 0. The van der Waals surface area contributed by atoms with Crippen molar-refractivity contribution < 1.29 is 26.2 Å². The maximum Gasteiger partial charge on any atom is 2.00 e. The van der Waals surface area contributed by atoms with Crippen molar-refractivity contribution in [2.75, 3.05) is 6.38 Å². The number of benzene rings is 2. The fraction of sp³-hybridized carbons (Fsp3) is 0.0833. The first-order valence-corrected chi connectivity index (χ1v) is 9.36. The van der Waals surface area contributed by atoms with Crippen LogP contribution < -0.4 is 0 Å². The van der Waals surface area contributed by atoms with Gasteiger partial charge in [-0.25, -0.2) is 12.1 Å². The molecule has 0 aliphatic carbocycles. The van der Waals surface area contributed by atoms with Gasteiger partial charge in [-0.2, -0.15) is 18.2 Å². The van der Waals surface area contributed by atoms with Crippen LogP contribution in [0.15, 0.2) is 97.1 Å². The van der Waals surface area contributed by atoms with Crippen LogP contribution in [-0.2, 0) is 26.2 Å². The minimum Gasteiger partial charge on any atom is -0.332 e. The summed E-state index contributed by atoms with van der Waals surface area (Å²) in [6.07, 6.45) is 1.47. The molecule has 0 atom stereocenters. The topological polar surface area (TPSA) is 4.93 Å². The Morgan fingerprint density at radius 2 is 1.41 bits per heavy atom. The van der Waals surface area contributed by atoms with Crippen LogP contribution in [-0.4, -0.2) is 11.0 Å². The molecule has 0 unspecified atom stereocenters. The summed E-state index contributed by atoms with van der Waals surface area (Å²) in [5.74, 6) is 0. The van der Waals surface area contributed by atoms with Gasteiger partial charge in [0.05, 0.1) is 5.52 Å². The summed E-state index contributed by atoms with van der Waals surface area (Å²) in [7, 11) is 0. The molecule has 0 spiro atoms. The van der Waals surface area contributed by atoms with Crippen molar-refractivity contribution in [1.29, 1.82) is 0 Å². The Kier molecular flexibility index (Phi) is 8.29. The Hall–Kier alpha value is -1.89. The number of aryl methyl sites for hydroxylation is 1. The minimum absolute atomic E-state index is 0. The number of hydrogen-bond donors (Lipinski definition) is 0. The van der Waals surface area contributed by atoms with E-state index in [1.165, 1.54) is 39.4 Å². The van der Waals surface area contributed by atoms with Crippen molar-refractivity contribution in [2.24, 2.45) is 0 Å². The summed E-state index contributed by atoms with van der Waals surface area (Å²) in [6.45, 7) is 2.16. The van der Waals surface area contributed by atoms with E-state index in [1.54, 1.807) is 0 Å². The van der Waals surface area contributed by atoms with Gasteiger partial charge in [-0.05, 0) is 24.7 Å². The Balaban J connectivity index is 0.000000282. The number of para-hydroxylation sites is 1. The molecule has 0 saturated carbocycles. The minimum atomic E-state index is 0. The Labute approximate surface area is 185 Å². The molecule has 5 aromatic rings. The molecule has 0 bridgehead atoms. The maximum atomic E-state index is 4.64. The van der Waals surface area contributed by atoms with E-state index in [-0.39, 0.29) is 26.2 Å². The second-order valence-corrected chi connectivity index (χ2v) is 5.98. The largest absolute Gasteiger partial charge is 2.00 e. The summed E-state index contributed by atoms with van der Waals surface area (Å²) >= 11 is 4.64. The zero-order valence-corrected chi connectivity index (χ0v) is 18.8. The summed E-state index contributed by atoms with van der Waals surface area (Å²) in [5.41, 5.74) is 3.80. The van der Waals surface area contributed by atoms with Gasteiger partial charge in [0.1, 0.15) is 0 Å². The monoisotopic (exact) mass is 449 g/mol. The fourth-order valence-electron chi connectivity index (χ4n) is 3.22. The molecule has 3 heteroatoms. The molecular weight excluding hydrogens is 429 g/mol. The van der Waals surface area contributed by atoms with Crippen LogP contribution >= 0.6 is 11.6 Å². The fourth-order valence-corrected chi connectivity index (χ4v) is 3.22. The molecule has 4 aromatic carbocycles. The van der Waals surface area contributed by atoms with Gasteiger partial charge in [0, 0.05) is 17.5 Å². The van der Waals surface area contributed by atoms with Gasteiger partial charge in [-0.3, -0.25) is 0 Å². The van der Waals surface area contributed by atoms with E-state index in [2.05, 4.69) is 89.8 Å². The average molecular weight is 451 g/mol. The molecule has 1 nitrogen and oxygen atoms in total. The number of fused-ring (bicyclic) bond motifs is 2. The molecule has 27 heavy (non-hydrogen) atoms.